The van der Waals surface area contributed by atoms with Crippen LogP contribution in [0.3, 0.4) is 0 Å². The van der Waals surface area contributed by atoms with Gasteiger partial charge in [0.15, 0.2) is 0 Å². The summed E-state index contributed by atoms with van der Waals surface area (Å²) in [7, 11) is 0. The third-order valence-corrected chi connectivity index (χ3v) is 5.71. The van der Waals surface area contributed by atoms with Crippen LogP contribution >= 0.6 is 34.5 Å². The Morgan fingerprint density at radius 2 is 1.85 bits per heavy atom. The molecule has 27 heavy (non-hydrogen) atoms. The van der Waals surface area contributed by atoms with Gasteiger partial charge in [-0.1, -0.05) is 65.7 Å². The van der Waals surface area contributed by atoms with Crippen molar-refractivity contribution in [1.29, 1.82) is 0 Å². The van der Waals surface area contributed by atoms with Crippen molar-refractivity contribution in [2.24, 2.45) is 0 Å². The van der Waals surface area contributed by atoms with Crippen LogP contribution in [0.4, 0.5) is 0 Å². The van der Waals surface area contributed by atoms with Gasteiger partial charge in [0.25, 0.3) is 5.91 Å². The Balaban J connectivity index is 1.67. The number of fused-ring (bicyclic) bond motifs is 1. The largest absolute Gasteiger partial charge is 0.342 e. The van der Waals surface area contributed by atoms with Crippen LogP contribution in [0.5, 0.6) is 0 Å². The third-order valence-electron chi connectivity index (χ3n) is 4.23. The minimum atomic E-state index is -0.331. The van der Waals surface area contributed by atoms with Crippen molar-refractivity contribution < 1.29 is 4.79 Å². The first kappa shape index (κ1) is 18.0. The lowest BCUT2D eigenvalue weighted by atomic mass is 10.1. The molecule has 2 aromatic heterocycles. The van der Waals surface area contributed by atoms with Gasteiger partial charge in [-0.15, -0.1) is 11.3 Å². The quantitative estimate of drug-likeness (QED) is 0.442. The lowest BCUT2D eigenvalue weighted by Gasteiger charge is -2.17. The number of aromatic amines is 1. The number of nitrogens with zero attached hydrogens (tertiary/aromatic N) is 1. The van der Waals surface area contributed by atoms with Gasteiger partial charge >= 0.3 is 0 Å². The molecule has 4 rings (SSSR count). The zero-order valence-corrected chi connectivity index (χ0v) is 16.4. The van der Waals surface area contributed by atoms with E-state index in [9.17, 15) is 4.79 Å². The van der Waals surface area contributed by atoms with Crippen LogP contribution in [0.25, 0.3) is 11.0 Å². The highest BCUT2D eigenvalue weighted by atomic mass is 35.5. The van der Waals surface area contributed by atoms with E-state index in [1.165, 1.54) is 11.3 Å². The fourth-order valence-corrected chi connectivity index (χ4v) is 4.39. The van der Waals surface area contributed by atoms with Crippen molar-refractivity contribution in [2.75, 3.05) is 0 Å². The summed E-state index contributed by atoms with van der Waals surface area (Å²) in [5, 5.41) is 3.04. The number of hydrogen-bond acceptors (Lipinski definition) is 3. The maximum absolute atomic E-state index is 12.8. The minimum absolute atomic E-state index is 0.274. The number of amides is 1. The topological polar surface area (TPSA) is 57.8 Å². The molecule has 2 N–H and O–H groups in total. The van der Waals surface area contributed by atoms with Crippen LogP contribution in [-0.4, -0.2) is 15.9 Å². The number of carbonyl (C=O) groups excluding carboxylic acids is 1. The molecule has 1 atom stereocenters. The van der Waals surface area contributed by atoms with Gasteiger partial charge in [0, 0.05) is 0 Å². The molecule has 0 fully saturated rings. The predicted octanol–water partition coefficient (Wildman–Crippen LogP) is 5.65. The zero-order valence-electron chi connectivity index (χ0n) is 14.1. The van der Waals surface area contributed by atoms with Crippen molar-refractivity contribution >= 4 is 51.5 Å². The third kappa shape index (κ3) is 4.00. The Kier molecular flexibility index (Phi) is 5.16. The number of carbonyl (C=O) groups is 1. The molecule has 7 heteroatoms. The summed E-state index contributed by atoms with van der Waals surface area (Å²) in [6.07, 6.45) is 0.599. The number of H-pyrrole nitrogens is 1. The summed E-state index contributed by atoms with van der Waals surface area (Å²) in [6, 6.07) is 19.0. The molecular formula is C20H15Cl2N3OS. The Bertz CT molecular complexity index is 1060. The maximum Gasteiger partial charge on any atom is 0.254 e. The number of imidazole rings is 1. The molecule has 4 nitrogen and oxygen atoms in total. The number of halogens is 2. The molecule has 0 unspecified atom stereocenters. The number of aromatic nitrogens is 2. The van der Waals surface area contributed by atoms with Gasteiger partial charge in [-0.2, -0.15) is 0 Å². The summed E-state index contributed by atoms with van der Waals surface area (Å²) in [4.78, 5) is 20.7. The van der Waals surface area contributed by atoms with E-state index in [4.69, 9.17) is 23.2 Å². The molecule has 0 bridgehead atoms. The molecule has 4 aromatic rings. The first-order valence-electron chi connectivity index (χ1n) is 8.34. The van der Waals surface area contributed by atoms with Gasteiger partial charge in [-0.3, -0.25) is 4.79 Å². The van der Waals surface area contributed by atoms with Gasteiger partial charge in [0.1, 0.15) is 10.2 Å². The van der Waals surface area contributed by atoms with Crippen LogP contribution in [0.1, 0.15) is 27.8 Å². The molecule has 2 heterocycles. The molecule has 1 amide bonds. The number of thiophene rings is 1. The summed E-state index contributed by atoms with van der Waals surface area (Å²) in [5.41, 5.74) is 3.26. The van der Waals surface area contributed by atoms with E-state index in [0.717, 1.165) is 16.6 Å². The van der Waals surface area contributed by atoms with Crippen LogP contribution < -0.4 is 5.32 Å². The monoisotopic (exact) mass is 415 g/mol. The summed E-state index contributed by atoms with van der Waals surface area (Å²) in [5.74, 6) is 0.426. The standard InChI is InChI=1S/C20H15Cl2N3OS/c21-17-11-13(18(22)27-17)20(26)25-16(10-12-6-2-1-3-7-12)19-23-14-8-4-5-9-15(14)24-19/h1-9,11,16H,10H2,(H,23,24)(H,25,26)/t16-/m0/s1. The molecule has 0 saturated carbocycles. The first-order valence-corrected chi connectivity index (χ1v) is 9.91. The summed E-state index contributed by atoms with van der Waals surface area (Å²) < 4.78 is 0.856. The maximum atomic E-state index is 12.8. The van der Waals surface area contributed by atoms with E-state index in [2.05, 4.69) is 15.3 Å². The molecule has 0 aliphatic carbocycles. The van der Waals surface area contributed by atoms with E-state index in [1.54, 1.807) is 6.07 Å². The van der Waals surface area contributed by atoms with E-state index in [0.29, 0.717) is 26.5 Å². The highest BCUT2D eigenvalue weighted by molar-refractivity contribution is 7.20. The van der Waals surface area contributed by atoms with Gasteiger partial charge in [0.2, 0.25) is 0 Å². The zero-order chi connectivity index (χ0) is 18.8. The fourth-order valence-electron chi connectivity index (χ4n) is 2.93. The molecule has 2 aromatic carbocycles. The molecule has 0 saturated heterocycles. The second kappa shape index (κ2) is 7.72. The van der Waals surface area contributed by atoms with Crippen molar-refractivity contribution in [3.63, 3.8) is 0 Å². The molecule has 0 aliphatic heterocycles. The molecule has 0 aliphatic rings. The fraction of sp³-hybridized carbons (Fsp3) is 0.100. The number of para-hydroxylation sites is 2. The van der Waals surface area contributed by atoms with Crippen molar-refractivity contribution in [3.8, 4) is 0 Å². The summed E-state index contributed by atoms with van der Waals surface area (Å²) >= 11 is 13.3. The Morgan fingerprint density at radius 3 is 2.56 bits per heavy atom. The van der Waals surface area contributed by atoms with E-state index in [-0.39, 0.29) is 11.9 Å². The second-order valence-corrected chi connectivity index (χ2v) is 8.38. The van der Waals surface area contributed by atoms with Crippen LogP contribution in [0, 0.1) is 0 Å². The van der Waals surface area contributed by atoms with Gasteiger partial charge in [-0.05, 0) is 30.2 Å². The Hall–Kier alpha value is -2.34. The Labute approximate surface area is 170 Å². The molecule has 0 radical (unpaired) electrons. The normalized spacial score (nSPS) is 12.2. The first-order chi connectivity index (χ1) is 13.1. The average molecular weight is 416 g/mol. The minimum Gasteiger partial charge on any atom is -0.342 e. The SMILES string of the molecule is O=C(N[C@@H](Cc1ccccc1)c1nc2ccccc2[nH]1)c1cc(Cl)sc1Cl. The lowest BCUT2D eigenvalue weighted by molar-refractivity contribution is 0.0935. The number of benzene rings is 2. The van der Waals surface area contributed by atoms with Crippen LogP contribution in [0.15, 0.2) is 60.7 Å². The van der Waals surface area contributed by atoms with Crippen molar-refractivity contribution in [2.45, 2.75) is 12.5 Å². The molecule has 0 spiro atoms. The molecule has 136 valence electrons. The highest BCUT2D eigenvalue weighted by Crippen LogP contribution is 2.31. The highest BCUT2D eigenvalue weighted by Gasteiger charge is 2.22. The van der Waals surface area contributed by atoms with Crippen molar-refractivity contribution in [3.05, 3.63) is 86.3 Å². The number of nitrogens with one attached hydrogen (secondary N) is 2. The second-order valence-electron chi connectivity index (χ2n) is 6.09. The number of hydrogen-bond donors (Lipinski definition) is 2. The van der Waals surface area contributed by atoms with E-state index >= 15 is 0 Å². The average Bonchev–Trinajstić information content (AvgIpc) is 3.24. The Morgan fingerprint density at radius 1 is 1.11 bits per heavy atom. The molecular weight excluding hydrogens is 401 g/mol. The lowest BCUT2D eigenvalue weighted by Crippen LogP contribution is -2.30. The van der Waals surface area contributed by atoms with Gasteiger partial charge in [0.05, 0.1) is 27.0 Å². The van der Waals surface area contributed by atoms with Gasteiger partial charge in [-0.25, -0.2) is 4.98 Å². The van der Waals surface area contributed by atoms with Crippen LogP contribution in [0.2, 0.25) is 8.67 Å². The van der Waals surface area contributed by atoms with Gasteiger partial charge < -0.3 is 10.3 Å². The van der Waals surface area contributed by atoms with Crippen LogP contribution in [-0.2, 0) is 6.42 Å². The number of rotatable bonds is 5. The smallest absolute Gasteiger partial charge is 0.254 e. The van der Waals surface area contributed by atoms with E-state index in [1.807, 2.05) is 54.6 Å². The van der Waals surface area contributed by atoms with Crippen molar-refractivity contribution in [1.82, 2.24) is 15.3 Å². The predicted molar refractivity (Wildman–Crippen MR) is 111 cm³/mol. The van der Waals surface area contributed by atoms with E-state index < -0.39 is 0 Å². The summed E-state index contributed by atoms with van der Waals surface area (Å²) in [6.45, 7) is 0.